The van der Waals surface area contributed by atoms with Crippen LogP contribution in [0.2, 0.25) is 0 Å². The fourth-order valence-electron chi connectivity index (χ4n) is 2.22. The first-order valence-electron chi connectivity index (χ1n) is 7.42. The Labute approximate surface area is 118 Å². The van der Waals surface area contributed by atoms with Gasteiger partial charge in [-0.3, -0.25) is 4.99 Å². The zero-order valence-electron chi connectivity index (χ0n) is 13.0. The van der Waals surface area contributed by atoms with E-state index in [0.29, 0.717) is 11.8 Å². The van der Waals surface area contributed by atoms with E-state index in [1.807, 2.05) is 6.21 Å². The summed E-state index contributed by atoms with van der Waals surface area (Å²) in [6.07, 6.45) is 3.00. The van der Waals surface area contributed by atoms with Gasteiger partial charge in [0.2, 0.25) is 0 Å². The van der Waals surface area contributed by atoms with Crippen LogP contribution >= 0.6 is 0 Å². The molecule has 0 atom stereocenters. The summed E-state index contributed by atoms with van der Waals surface area (Å²) in [6.45, 7) is 12.9. The standard InChI is InChI=1S/C17H28N2/c1-6-10-18-11-12-19-17-15(13(2)3)8-7-9-16(17)14(4)5/h7-10,13-14,19H,6,11-12H2,1-5H3. The molecule has 1 rings (SSSR count). The van der Waals surface area contributed by atoms with Crippen LogP contribution in [0.3, 0.4) is 0 Å². The highest BCUT2D eigenvalue weighted by Crippen LogP contribution is 2.32. The maximum absolute atomic E-state index is 4.37. The average molecular weight is 260 g/mol. The van der Waals surface area contributed by atoms with Crippen LogP contribution < -0.4 is 5.32 Å². The molecule has 0 radical (unpaired) electrons. The lowest BCUT2D eigenvalue weighted by atomic mass is 9.92. The minimum absolute atomic E-state index is 0.542. The molecule has 0 saturated carbocycles. The fraction of sp³-hybridized carbons (Fsp3) is 0.588. The Morgan fingerprint density at radius 2 is 1.68 bits per heavy atom. The topological polar surface area (TPSA) is 24.4 Å². The normalized spacial score (nSPS) is 11.7. The van der Waals surface area contributed by atoms with Crippen molar-refractivity contribution in [2.24, 2.45) is 4.99 Å². The van der Waals surface area contributed by atoms with Gasteiger partial charge in [-0.25, -0.2) is 0 Å². The monoisotopic (exact) mass is 260 g/mol. The average Bonchev–Trinajstić information content (AvgIpc) is 2.38. The number of para-hydroxylation sites is 1. The lowest BCUT2D eigenvalue weighted by Crippen LogP contribution is -2.11. The van der Waals surface area contributed by atoms with Crippen LogP contribution in [0.15, 0.2) is 23.2 Å². The zero-order chi connectivity index (χ0) is 14.3. The molecule has 1 aromatic rings. The van der Waals surface area contributed by atoms with Gasteiger partial charge in [-0.15, -0.1) is 0 Å². The van der Waals surface area contributed by atoms with Crippen LogP contribution in [-0.4, -0.2) is 19.3 Å². The predicted octanol–water partition coefficient (Wildman–Crippen LogP) is 4.83. The molecule has 0 aliphatic rings. The van der Waals surface area contributed by atoms with E-state index in [4.69, 9.17) is 0 Å². The molecular formula is C17H28N2. The molecule has 0 saturated heterocycles. The number of hydrogen-bond donors (Lipinski definition) is 1. The van der Waals surface area contributed by atoms with Crippen molar-refractivity contribution >= 4 is 11.9 Å². The number of anilines is 1. The third-order valence-corrected chi connectivity index (χ3v) is 3.23. The quantitative estimate of drug-likeness (QED) is 0.551. The maximum Gasteiger partial charge on any atom is 0.0558 e. The number of nitrogens with one attached hydrogen (secondary N) is 1. The minimum atomic E-state index is 0.542. The van der Waals surface area contributed by atoms with Gasteiger partial charge in [-0.05, 0) is 35.6 Å². The Morgan fingerprint density at radius 1 is 1.11 bits per heavy atom. The van der Waals surface area contributed by atoms with E-state index in [2.05, 4.69) is 63.1 Å². The molecule has 0 spiro atoms. The van der Waals surface area contributed by atoms with Crippen molar-refractivity contribution in [1.82, 2.24) is 0 Å². The summed E-state index contributed by atoms with van der Waals surface area (Å²) in [5, 5.41) is 3.59. The van der Waals surface area contributed by atoms with Gasteiger partial charge < -0.3 is 5.32 Å². The molecule has 2 nitrogen and oxygen atoms in total. The molecule has 0 heterocycles. The SMILES string of the molecule is CCC=NCCNc1c(C(C)C)cccc1C(C)C. The largest absolute Gasteiger partial charge is 0.383 e. The van der Waals surface area contributed by atoms with Gasteiger partial charge in [0.1, 0.15) is 0 Å². The lowest BCUT2D eigenvalue weighted by Gasteiger charge is -2.20. The highest BCUT2D eigenvalue weighted by atomic mass is 14.9. The summed E-state index contributed by atoms with van der Waals surface area (Å²) < 4.78 is 0. The maximum atomic E-state index is 4.37. The third kappa shape index (κ3) is 4.70. The van der Waals surface area contributed by atoms with E-state index in [0.717, 1.165) is 19.5 Å². The van der Waals surface area contributed by atoms with Crippen LogP contribution in [0.5, 0.6) is 0 Å². The Morgan fingerprint density at radius 3 is 2.16 bits per heavy atom. The van der Waals surface area contributed by atoms with Crippen molar-refractivity contribution < 1.29 is 0 Å². The van der Waals surface area contributed by atoms with E-state index in [-0.39, 0.29) is 0 Å². The third-order valence-electron chi connectivity index (χ3n) is 3.23. The zero-order valence-corrected chi connectivity index (χ0v) is 13.0. The number of nitrogens with zero attached hydrogens (tertiary/aromatic N) is 1. The Balaban J connectivity index is 2.85. The summed E-state index contributed by atoms with van der Waals surface area (Å²) in [5.74, 6) is 1.08. The van der Waals surface area contributed by atoms with Crippen molar-refractivity contribution in [3.8, 4) is 0 Å². The predicted molar refractivity (Wildman–Crippen MR) is 86.8 cm³/mol. The molecule has 0 fully saturated rings. The molecule has 0 bridgehead atoms. The van der Waals surface area contributed by atoms with Crippen molar-refractivity contribution in [2.45, 2.75) is 52.9 Å². The second-order valence-electron chi connectivity index (χ2n) is 5.54. The Hall–Kier alpha value is -1.31. The molecule has 2 heteroatoms. The van der Waals surface area contributed by atoms with Crippen molar-refractivity contribution in [2.75, 3.05) is 18.4 Å². The highest BCUT2D eigenvalue weighted by Gasteiger charge is 2.12. The van der Waals surface area contributed by atoms with Gasteiger partial charge in [0.25, 0.3) is 0 Å². The molecule has 106 valence electrons. The van der Waals surface area contributed by atoms with Crippen LogP contribution in [0.25, 0.3) is 0 Å². The molecule has 0 unspecified atom stereocenters. The molecule has 19 heavy (non-hydrogen) atoms. The molecule has 1 aromatic carbocycles. The van der Waals surface area contributed by atoms with Gasteiger partial charge in [0, 0.05) is 12.2 Å². The van der Waals surface area contributed by atoms with E-state index in [1.54, 1.807) is 0 Å². The van der Waals surface area contributed by atoms with E-state index in [9.17, 15) is 0 Å². The van der Waals surface area contributed by atoms with Crippen molar-refractivity contribution in [3.05, 3.63) is 29.3 Å². The van der Waals surface area contributed by atoms with Crippen molar-refractivity contribution in [1.29, 1.82) is 0 Å². The molecule has 0 aliphatic carbocycles. The van der Waals surface area contributed by atoms with Gasteiger partial charge in [0.05, 0.1) is 6.54 Å². The highest BCUT2D eigenvalue weighted by molar-refractivity contribution is 5.60. The summed E-state index contributed by atoms with van der Waals surface area (Å²) in [6, 6.07) is 6.63. The molecule has 0 aliphatic heterocycles. The fourth-order valence-corrected chi connectivity index (χ4v) is 2.22. The summed E-state index contributed by atoms with van der Waals surface area (Å²) >= 11 is 0. The first-order valence-corrected chi connectivity index (χ1v) is 7.42. The first-order chi connectivity index (χ1) is 9.07. The van der Waals surface area contributed by atoms with Crippen molar-refractivity contribution in [3.63, 3.8) is 0 Å². The van der Waals surface area contributed by atoms with Gasteiger partial charge in [-0.2, -0.15) is 0 Å². The van der Waals surface area contributed by atoms with Gasteiger partial charge >= 0.3 is 0 Å². The smallest absolute Gasteiger partial charge is 0.0558 e. The minimum Gasteiger partial charge on any atom is -0.383 e. The van der Waals surface area contributed by atoms with Crippen LogP contribution in [0.1, 0.15) is 64.0 Å². The summed E-state index contributed by atoms with van der Waals surface area (Å²) in [4.78, 5) is 4.37. The summed E-state index contributed by atoms with van der Waals surface area (Å²) in [5.41, 5.74) is 4.13. The number of benzene rings is 1. The van der Waals surface area contributed by atoms with E-state index < -0.39 is 0 Å². The van der Waals surface area contributed by atoms with Crippen LogP contribution in [-0.2, 0) is 0 Å². The molecule has 1 N–H and O–H groups in total. The molecule has 0 aromatic heterocycles. The lowest BCUT2D eigenvalue weighted by molar-refractivity contribution is 0.832. The summed E-state index contributed by atoms with van der Waals surface area (Å²) in [7, 11) is 0. The van der Waals surface area contributed by atoms with Gasteiger partial charge in [0.15, 0.2) is 0 Å². The Bertz CT molecular complexity index is 379. The number of hydrogen-bond acceptors (Lipinski definition) is 2. The number of aliphatic imine (C=N–C) groups is 1. The second-order valence-corrected chi connectivity index (χ2v) is 5.54. The van der Waals surface area contributed by atoms with Crippen LogP contribution in [0.4, 0.5) is 5.69 Å². The molecule has 0 amide bonds. The van der Waals surface area contributed by atoms with Crippen LogP contribution in [0, 0.1) is 0 Å². The molecular weight excluding hydrogens is 232 g/mol. The number of rotatable bonds is 7. The first kappa shape index (κ1) is 15.7. The second kappa shape index (κ2) is 7.98. The van der Waals surface area contributed by atoms with E-state index >= 15 is 0 Å². The Kier molecular flexibility index (Phi) is 6.61. The van der Waals surface area contributed by atoms with E-state index in [1.165, 1.54) is 16.8 Å². The van der Waals surface area contributed by atoms with Gasteiger partial charge in [-0.1, -0.05) is 52.8 Å².